The molecule has 1 saturated heterocycles. The first-order valence-electron chi connectivity index (χ1n) is 8.33. The summed E-state index contributed by atoms with van der Waals surface area (Å²) in [5.41, 5.74) is 1.79. The fraction of sp³-hybridized carbons (Fsp3) is 0.611. The maximum Gasteiger partial charge on any atom is 0.193 e. The molecule has 2 fully saturated rings. The molecule has 1 aliphatic heterocycles. The molecule has 1 heterocycles. The van der Waals surface area contributed by atoms with Crippen molar-refractivity contribution in [3.05, 3.63) is 29.8 Å². The number of hydrogen-bond acceptors (Lipinski definition) is 2. The third-order valence-electron chi connectivity index (χ3n) is 5.20. The maximum atomic E-state index is 5.28. The van der Waals surface area contributed by atoms with Gasteiger partial charge in [0, 0.05) is 26.7 Å². The molecule has 1 N–H and O–H groups in total. The third kappa shape index (κ3) is 3.21. The largest absolute Gasteiger partial charge is 0.497 e. The van der Waals surface area contributed by atoms with Crippen LogP contribution in [0.3, 0.4) is 0 Å². The van der Waals surface area contributed by atoms with Crippen LogP contribution in [0.15, 0.2) is 29.3 Å². The summed E-state index contributed by atoms with van der Waals surface area (Å²) in [7, 11) is 3.59. The molecule has 0 atom stereocenters. The fourth-order valence-corrected chi connectivity index (χ4v) is 3.94. The Balaban J connectivity index is 1.58. The van der Waals surface area contributed by atoms with E-state index in [-0.39, 0.29) is 0 Å². The van der Waals surface area contributed by atoms with Gasteiger partial charge in [0.2, 0.25) is 0 Å². The number of benzene rings is 1. The van der Waals surface area contributed by atoms with Crippen LogP contribution in [0.5, 0.6) is 5.75 Å². The minimum atomic E-state index is 0.577. The van der Waals surface area contributed by atoms with Crippen LogP contribution in [0.1, 0.15) is 37.7 Å². The van der Waals surface area contributed by atoms with Crippen LogP contribution >= 0.6 is 0 Å². The van der Waals surface area contributed by atoms with Crippen LogP contribution in [-0.2, 0) is 6.54 Å². The van der Waals surface area contributed by atoms with E-state index in [9.17, 15) is 0 Å². The number of nitrogens with one attached hydrogen (secondary N) is 1. The van der Waals surface area contributed by atoms with Gasteiger partial charge in [0.1, 0.15) is 5.75 Å². The highest BCUT2D eigenvalue weighted by molar-refractivity contribution is 5.80. The second-order valence-electron chi connectivity index (χ2n) is 6.63. The maximum absolute atomic E-state index is 5.28. The number of likely N-dealkylation sites (tertiary alicyclic amines) is 1. The summed E-state index contributed by atoms with van der Waals surface area (Å²) in [6.45, 7) is 3.09. The van der Waals surface area contributed by atoms with Crippen molar-refractivity contribution in [3.8, 4) is 5.75 Å². The lowest BCUT2D eigenvalue weighted by Gasteiger charge is -2.26. The highest BCUT2D eigenvalue weighted by Crippen LogP contribution is 2.45. The Hall–Kier alpha value is -1.71. The molecule has 1 saturated carbocycles. The molecule has 1 aromatic carbocycles. The normalized spacial score (nSPS) is 20.6. The number of rotatable bonds is 3. The lowest BCUT2D eigenvalue weighted by molar-refractivity contribution is 0.309. The Morgan fingerprint density at radius 2 is 2.14 bits per heavy atom. The Labute approximate surface area is 133 Å². The lowest BCUT2D eigenvalue weighted by atomic mass is 9.86. The van der Waals surface area contributed by atoms with Crippen molar-refractivity contribution in [1.29, 1.82) is 0 Å². The smallest absolute Gasteiger partial charge is 0.193 e. The molecule has 0 radical (unpaired) electrons. The Morgan fingerprint density at radius 3 is 2.86 bits per heavy atom. The molecule has 22 heavy (non-hydrogen) atoms. The number of methoxy groups -OCH3 is 1. The first-order chi connectivity index (χ1) is 10.7. The van der Waals surface area contributed by atoms with Gasteiger partial charge in [-0.1, -0.05) is 25.0 Å². The van der Waals surface area contributed by atoms with Gasteiger partial charge in [-0.15, -0.1) is 0 Å². The molecular formula is C18H27N3O. The predicted molar refractivity (Wildman–Crippen MR) is 90.3 cm³/mol. The van der Waals surface area contributed by atoms with Gasteiger partial charge in [0.25, 0.3) is 0 Å². The van der Waals surface area contributed by atoms with E-state index in [0.717, 1.165) is 24.8 Å². The van der Waals surface area contributed by atoms with Crippen molar-refractivity contribution in [2.45, 2.75) is 38.6 Å². The summed E-state index contributed by atoms with van der Waals surface area (Å²) in [4.78, 5) is 6.92. The van der Waals surface area contributed by atoms with Crippen molar-refractivity contribution < 1.29 is 4.74 Å². The van der Waals surface area contributed by atoms with Gasteiger partial charge in [-0.2, -0.15) is 0 Å². The molecule has 120 valence electrons. The van der Waals surface area contributed by atoms with Gasteiger partial charge < -0.3 is 15.0 Å². The van der Waals surface area contributed by atoms with E-state index in [4.69, 9.17) is 4.74 Å². The van der Waals surface area contributed by atoms with Gasteiger partial charge in [-0.3, -0.25) is 4.99 Å². The van der Waals surface area contributed by atoms with Gasteiger partial charge in [0.05, 0.1) is 7.11 Å². The highest BCUT2D eigenvalue weighted by atomic mass is 16.5. The number of hydrogen-bond donors (Lipinski definition) is 1. The fourth-order valence-electron chi connectivity index (χ4n) is 3.94. The zero-order valence-electron chi connectivity index (χ0n) is 13.8. The summed E-state index contributed by atoms with van der Waals surface area (Å²) in [5, 5.41) is 3.51. The zero-order valence-corrected chi connectivity index (χ0v) is 13.8. The zero-order chi connectivity index (χ0) is 15.4. The Morgan fingerprint density at radius 1 is 1.32 bits per heavy atom. The molecular weight excluding hydrogens is 274 g/mol. The van der Waals surface area contributed by atoms with E-state index in [1.807, 2.05) is 19.2 Å². The molecule has 4 nitrogen and oxygen atoms in total. The average Bonchev–Trinajstić information content (AvgIpc) is 3.19. The topological polar surface area (TPSA) is 36.9 Å². The summed E-state index contributed by atoms with van der Waals surface area (Å²) >= 11 is 0. The van der Waals surface area contributed by atoms with Crippen molar-refractivity contribution in [1.82, 2.24) is 10.2 Å². The Bertz CT molecular complexity index is 535. The van der Waals surface area contributed by atoms with Gasteiger partial charge >= 0.3 is 0 Å². The van der Waals surface area contributed by atoms with Crippen LogP contribution in [0.25, 0.3) is 0 Å². The number of guanidine groups is 1. The minimum Gasteiger partial charge on any atom is -0.497 e. The second-order valence-corrected chi connectivity index (χ2v) is 6.63. The molecule has 0 bridgehead atoms. The highest BCUT2D eigenvalue weighted by Gasteiger charge is 2.40. The summed E-state index contributed by atoms with van der Waals surface area (Å²) in [6.07, 6.45) is 6.94. The van der Waals surface area contributed by atoms with Gasteiger partial charge in [-0.05, 0) is 42.4 Å². The first-order valence-corrected chi connectivity index (χ1v) is 8.33. The second kappa shape index (κ2) is 6.59. The average molecular weight is 301 g/mol. The molecule has 2 aliphatic rings. The van der Waals surface area contributed by atoms with E-state index in [1.54, 1.807) is 7.11 Å². The van der Waals surface area contributed by atoms with Crippen LogP contribution in [0.2, 0.25) is 0 Å². The molecule has 1 spiro atoms. The molecule has 3 rings (SSSR count). The van der Waals surface area contributed by atoms with Crippen LogP contribution in [-0.4, -0.2) is 38.1 Å². The van der Waals surface area contributed by atoms with E-state index in [0.29, 0.717) is 5.41 Å². The monoisotopic (exact) mass is 301 g/mol. The third-order valence-corrected chi connectivity index (χ3v) is 5.20. The molecule has 0 aromatic heterocycles. The van der Waals surface area contributed by atoms with E-state index >= 15 is 0 Å². The molecule has 0 unspecified atom stereocenters. The predicted octanol–water partition coefficient (Wildman–Crippen LogP) is 3.04. The Kier molecular flexibility index (Phi) is 4.55. The number of nitrogens with zero attached hydrogens (tertiary/aromatic N) is 2. The summed E-state index contributed by atoms with van der Waals surface area (Å²) in [5.74, 6) is 1.94. The van der Waals surface area contributed by atoms with Crippen LogP contribution in [0.4, 0.5) is 0 Å². The van der Waals surface area contributed by atoms with Crippen LogP contribution < -0.4 is 10.1 Å². The standard InChI is InChI=1S/C18H27N3O/c1-19-17(20-13-15-6-5-7-16(12-15)22-2)21-11-10-18(14-21)8-3-4-9-18/h5-7,12H,3-4,8-11,13-14H2,1-2H3,(H,19,20). The summed E-state index contributed by atoms with van der Waals surface area (Å²) in [6, 6.07) is 8.19. The van der Waals surface area contributed by atoms with Crippen molar-refractivity contribution >= 4 is 5.96 Å². The molecule has 1 aliphatic carbocycles. The van der Waals surface area contributed by atoms with Crippen LogP contribution in [0, 0.1) is 5.41 Å². The quantitative estimate of drug-likeness (QED) is 0.689. The van der Waals surface area contributed by atoms with Gasteiger partial charge in [0.15, 0.2) is 5.96 Å². The lowest BCUT2D eigenvalue weighted by Crippen LogP contribution is -2.40. The van der Waals surface area contributed by atoms with Crippen molar-refractivity contribution in [2.75, 3.05) is 27.2 Å². The number of ether oxygens (including phenoxy) is 1. The molecule has 4 heteroatoms. The first kappa shape index (κ1) is 15.2. The molecule has 0 amide bonds. The van der Waals surface area contributed by atoms with Crippen molar-refractivity contribution in [3.63, 3.8) is 0 Å². The van der Waals surface area contributed by atoms with E-state index in [1.165, 1.54) is 44.2 Å². The van der Waals surface area contributed by atoms with Crippen molar-refractivity contribution in [2.24, 2.45) is 10.4 Å². The van der Waals surface area contributed by atoms with E-state index < -0.39 is 0 Å². The number of aliphatic imine (C=N–C) groups is 1. The summed E-state index contributed by atoms with van der Waals surface area (Å²) < 4.78 is 5.28. The van der Waals surface area contributed by atoms with E-state index in [2.05, 4.69) is 27.3 Å². The molecule has 1 aromatic rings. The minimum absolute atomic E-state index is 0.577. The SMILES string of the molecule is CN=C(NCc1cccc(OC)c1)N1CCC2(CCCC2)C1. The van der Waals surface area contributed by atoms with Gasteiger partial charge in [-0.25, -0.2) is 0 Å².